The number of amides is 1. The van der Waals surface area contributed by atoms with E-state index in [9.17, 15) is 4.79 Å². The zero-order valence-electron chi connectivity index (χ0n) is 12.3. The maximum absolute atomic E-state index is 12.8. The predicted octanol–water partition coefficient (Wildman–Crippen LogP) is 3.27. The Morgan fingerprint density at radius 2 is 2.00 bits per heavy atom. The van der Waals surface area contributed by atoms with Crippen LogP contribution in [-0.4, -0.2) is 42.4 Å². The molecular formula is C17H22BrNO2. The molecule has 0 radical (unpaired) electrons. The number of alkyl halides is 1. The van der Waals surface area contributed by atoms with Crippen molar-refractivity contribution in [3.05, 3.63) is 35.4 Å². The van der Waals surface area contributed by atoms with Crippen molar-refractivity contribution >= 4 is 21.8 Å². The summed E-state index contributed by atoms with van der Waals surface area (Å²) in [7, 11) is 0. The molecule has 0 aromatic heterocycles. The topological polar surface area (TPSA) is 29.5 Å². The number of benzene rings is 1. The molecule has 114 valence electrons. The van der Waals surface area contributed by atoms with Gasteiger partial charge in [-0.15, -0.1) is 0 Å². The summed E-state index contributed by atoms with van der Waals surface area (Å²) in [5.74, 6) is 0.204. The van der Waals surface area contributed by atoms with Gasteiger partial charge in [-0.05, 0) is 37.3 Å². The van der Waals surface area contributed by atoms with Crippen LogP contribution in [0.4, 0.5) is 0 Å². The normalized spacial score (nSPS) is 21.8. The Morgan fingerprint density at radius 3 is 2.76 bits per heavy atom. The van der Waals surface area contributed by atoms with Crippen LogP contribution in [0.2, 0.25) is 0 Å². The van der Waals surface area contributed by atoms with E-state index in [-0.39, 0.29) is 11.3 Å². The molecule has 2 aliphatic rings. The van der Waals surface area contributed by atoms with Gasteiger partial charge in [-0.25, -0.2) is 0 Å². The number of aryl methyl sites for hydroxylation is 1. The Balaban J connectivity index is 1.80. The second-order valence-corrected chi connectivity index (χ2v) is 6.79. The lowest BCUT2D eigenvalue weighted by molar-refractivity contribution is 0.00874. The van der Waals surface area contributed by atoms with Gasteiger partial charge in [0.1, 0.15) is 0 Å². The van der Waals surface area contributed by atoms with E-state index in [2.05, 4.69) is 26.9 Å². The largest absolute Gasteiger partial charge is 0.381 e. The molecule has 4 heteroatoms. The molecule has 2 aliphatic heterocycles. The number of nitrogens with zero attached hydrogens (tertiary/aromatic N) is 1. The van der Waals surface area contributed by atoms with Crippen LogP contribution >= 0.6 is 15.9 Å². The number of fused-ring (bicyclic) bond motifs is 1. The molecule has 0 N–H and O–H groups in total. The molecule has 1 aromatic carbocycles. The third-order valence-electron chi connectivity index (χ3n) is 4.77. The fraction of sp³-hybridized carbons (Fsp3) is 0.588. The Morgan fingerprint density at radius 1 is 1.24 bits per heavy atom. The average molecular weight is 352 g/mol. The van der Waals surface area contributed by atoms with Gasteiger partial charge in [-0.1, -0.05) is 34.1 Å². The number of carbonyl (C=O) groups is 1. The van der Waals surface area contributed by atoms with E-state index in [0.717, 1.165) is 62.9 Å². The summed E-state index contributed by atoms with van der Waals surface area (Å²) in [6.45, 7) is 3.33. The van der Waals surface area contributed by atoms with Crippen molar-refractivity contribution < 1.29 is 9.53 Å². The molecule has 0 aliphatic carbocycles. The van der Waals surface area contributed by atoms with Gasteiger partial charge in [0, 0.05) is 42.6 Å². The maximum atomic E-state index is 12.8. The van der Waals surface area contributed by atoms with Crippen molar-refractivity contribution in [1.82, 2.24) is 4.90 Å². The van der Waals surface area contributed by atoms with E-state index >= 15 is 0 Å². The second kappa shape index (κ2) is 6.49. The molecule has 1 fully saturated rings. The van der Waals surface area contributed by atoms with Crippen LogP contribution < -0.4 is 0 Å². The number of rotatable bonds is 3. The number of carbonyl (C=O) groups excluding carboxylic acids is 1. The smallest absolute Gasteiger partial charge is 0.254 e. The molecule has 1 amide bonds. The van der Waals surface area contributed by atoms with Crippen LogP contribution in [-0.2, 0) is 11.2 Å². The predicted molar refractivity (Wildman–Crippen MR) is 86.9 cm³/mol. The zero-order valence-corrected chi connectivity index (χ0v) is 13.9. The minimum atomic E-state index is 0.174. The van der Waals surface area contributed by atoms with Crippen molar-refractivity contribution in [3.8, 4) is 0 Å². The minimum absolute atomic E-state index is 0.174. The Hall–Kier alpha value is -0.870. The van der Waals surface area contributed by atoms with E-state index in [1.807, 2.05) is 18.2 Å². The standard InChI is InChI=1S/C17H22BrNO2/c18-12-17(7-10-21-11-8-17)13-19-9-3-5-14-4-1-2-6-15(14)16(19)20/h1-2,4,6H,3,5,7-13H2. The van der Waals surface area contributed by atoms with E-state index < -0.39 is 0 Å². The van der Waals surface area contributed by atoms with Crippen LogP contribution in [0.1, 0.15) is 35.2 Å². The highest BCUT2D eigenvalue weighted by atomic mass is 79.9. The van der Waals surface area contributed by atoms with Gasteiger partial charge in [0.05, 0.1) is 0 Å². The highest BCUT2D eigenvalue weighted by Crippen LogP contribution is 2.34. The molecule has 0 spiro atoms. The van der Waals surface area contributed by atoms with Gasteiger partial charge < -0.3 is 9.64 Å². The first kappa shape index (κ1) is 15.0. The SMILES string of the molecule is O=C1c2ccccc2CCCN1CC1(CBr)CCOCC1. The molecule has 2 heterocycles. The first-order chi connectivity index (χ1) is 10.2. The highest BCUT2D eigenvalue weighted by Gasteiger charge is 2.35. The number of hydrogen-bond acceptors (Lipinski definition) is 2. The Bertz CT molecular complexity index is 511. The first-order valence-electron chi connectivity index (χ1n) is 7.75. The van der Waals surface area contributed by atoms with Crippen molar-refractivity contribution in [2.45, 2.75) is 25.7 Å². The fourth-order valence-electron chi connectivity index (χ4n) is 3.37. The number of ether oxygens (including phenoxy) is 1. The molecule has 0 saturated carbocycles. The molecule has 0 atom stereocenters. The van der Waals surface area contributed by atoms with Gasteiger partial charge in [-0.3, -0.25) is 4.79 Å². The molecule has 3 rings (SSSR count). The summed E-state index contributed by atoms with van der Waals surface area (Å²) < 4.78 is 5.50. The van der Waals surface area contributed by atoms with Crippen LogP contribution in [0.15, 0.2) is 24.3 Å². The Kier molecular flexibility index (Phi) is 4.65. The highest BCUT2D eigenvalue weighted by molar-refractivity contribution is 9.09. The van der Waals surface area contributed by atoms with Gasteiger partial charge in [0.25, 0.3) is 5.91 Å². The lowest BCUT2D eigenvalue weighted by Gasteiger charge is -2.39. The van der Waals surface area contributed by atoms with Gasteiger partial charge in [0.15, 0.2) is 0 Å². The third kappa shape index (κ3) is 3.16. The van der Waals surface area contributed by atoms with Crippen LogP contribution in [0.3, 0.4) is 0 Å². The van der Waals surface area contributed by atoms with E-state index in [4.69, 9.17) is 4.74 Å². The molecule has 0 unspecified atom stereocenters. The minimum Gasteiger partial charge on any atom is -0.381 e. The quantitative estimate of drug-likeness (QED) is 0.782. The van der Waals surface area contributed by atoms with Gasteiger partial charge in [-0.2, -0.15) is 0 Å². The molecule has 21 heavy (non-hydrogen) atoms. The number of hydrogen-bond donors (Lipinski definition) is 0. The zero-order chi connectivity index (χ0) is 14.7. The van der Waals surface area contributed by atoms with Crippen LogP contribution in [0.5, 0.6) is 0 Å². The number of halogens is 1. The summed E-state index contributed by atoms with van der Waals surface area (Å²) in [6.07, 6.45) is 4.12. The molecule has 3 nitrogen and oxygen atoms in total. The summed E-state index contributed by atoms with van der Waals surface area (Å²) in [6, 6.07) is 8.06. The third-order valence-corrected chi connectivity index (χ3v) is 5.96. The lowest BCUT2D eigenvalue weighted by Crippen LogP contribution is -2.45. The van der Waals surface area contributed by atoms with Crippen molar-refractivity contribution in [2.24, 2.45) is 5.41 Å². The second-order valence-electron chi connectivity index (χ2n) is 6.23. The van der Waals surface area contributed by atoms with Crippen LogP contribution in [0.25, 0.3) is 0 Å². The van der Waals surface area contributed by atoms with Crippen LogP contribution in [0, 0.1) is 5.41 Å². The lowest BCUT2D eigenvalue weighted by atomic mass is 9.81. The Labute approximate surface area is 134 Å². The summed E-state index contributed by atoms with van der Waals surface area (Å²) in [5.41, 5.74) is 2.27. The molecule has 0 bridgehead atoms. The van der Waals surface area contributed by atoms with Crippen molar-refractivity contribution in [2.75, 3.05) is 31.6 Å². The fourth-order valence-corrected chi connectivity index (χ4v) is 4.11. The van der Waals surface area contributed by atoms with Crippen molar-refractivity contribution in [1.29, 1.82) is 0 Å². The summed E-state index contributed by atoms with van der Waals surface area (Å²) in [4.78, 5) is 14.9. The molecule has 1 aromatic rings. The van der Waals surface area contributed by atoms with E-state index in [1.54, 1.807) is 0 Å². The summed E-state index contributed by atoms with van der Waals surface area (Å²) in [5, 5.41) is 0.939. The maximum Gasteiger partial charge on any atom is 0.254 e. The average Bonchev–Trinajstić information content (AvgIpc) is 2.69. The van der Waals surface area contributed by atoms with Crippen molar-refractivity contribution in [3.63, 3.8) is 0 Å². The molecule has 1 saturated heterocycles. The van der Waals surface area contributed by atoms with Gasteiger partial charge >= 0.3 is 0 Å². The monoisotopic (exact) mass is 351 g/mol. The van der Waals surface area contributed by atoms with Gasteiger partial charge in [0.2, 0.25) is 0 Å². The first-order valence-corrected chi connectivity index (χ1v) is 8.87. The van der Waals surface area contributed by atoms with E-state index in [0.29, 0.717) is 0 Å². The molecular weight excluding hydrogens is 330 g/mol. The summed E-state index contributed by atoms with van der Waals surface area (Å²) >= 11 is 3.67. The van der Waals surface area contributed by atoms with E-state index in [1.165, 1.54) is 5.56 Å².